The van der Waals surface area contributed by atoms with E-state index in [-0.39, 0.29) is 33.2 Å². The van der Waals surface area contributed by atoms with Crippen LogP contribution >= 0.6 is 0 Å². The molecular formula is C24H23N5O7S. The molecule has 37 heavy (non-hydrogen) atoms. The zero-order valence-electron chi connectivity index (χ0n) is 19.5. The molecule has 4 N–H and O–H groups in total. The molecule has 0 aliphatic rings. The van der Waals surface area contributed by atoms with Crippen LogP contribution in [0.15, 0.2) is 77.7 Å². The molecule has 3 aromatic carbocycles. The maximum absolute atomic E-state index is 13.5. The topological polar surface area (TPSA) is 167 Å². The van der Waals surface area contributed by atoms with Crippen LogP contribution < -0.4 is 19.9 Å². The van der Waals surface area contributed by atoms with Gasteiger partial charge >= 0.3 is 0 Å². The fourth-order valence-corrected chi connectivity index (χ4v) is 5.04. The van der Waals surface area contributed by atoms with Crippen molar-refractivity contribution >= 4 is 43.9 Å². The van der Waals surface area contributed by atoms with E-state index >= 15 is 0 Å². The predicted octanol–water partition coefficient (Wildman–Crippen LogP) is 3.52. The van der Waals surface area contributed by atoms with Gasteiger partial charge in [-0.15, -0.1) is 0 Å². The number of nitrogens with zero attached hydrogens (tertiary/aromatic N) is 2. The van der Waals surface area contributed by atoms with Crippen molar-refractivity contribution in [2.75, 3.05) is 22.9 Å². The van der Waals surface area contributed by atoms with Crippen LogP contribution in [0.4, 0.5) is 17.1 Å². The molecule has 4 aromatic rings. The highest BCUT2D eigenvalue weighted by Crippen LogP contribution is 2.34. The third-order valence-electron chi connectivity index (χ3n) is 5.35. The number of amides is 1. The van der Waals surface area contributed by atoms with E-state index in [1.165, 1.54) is 42.5 Å². The minimum absolute atomic E-state index is 0.00678. The van der Waals surface area contributed by atoms with E-state index in [1.54, 1.807) is 30.3 Å². The van der Waals surface area contributed by atoms with Crippen LogP contribution in [0.5, 0.6) is 11.6 Å². The number of nitro groups is 1. The number of aromatic hydroxyl groups is 1. The molecule has 0 bridgehead atoms. The van der Waals surface area contributed by atoms with Gasteiger partial charge in [-0.05, 0) is 49.4 Å². The third-order valence-corrected chi connectivity index (χ3v) is 7.14. The van der Waals surface area contributed by atoms with Gasteiger partial charge in [0.1, 0.15) is 18.0 Å². The Kier molecular flexibility index (Phi) is 7.15. The lowest BCUT2D eigenvalue weighted by Crippen LogP contribution is -2.42. The van der Waals surface area contributed by atoms with E-state index in [2.05, 4.69) is 15.8 Å². The molecule has 192 valence electrons. The first-order chi connectivity index (χ1) is 17.7. The largest absolute Gasteiger partial charge is 0.494 e. The molecule has 12 nitrogen and oxygen atoms in total. The van der Waals surface area contributed by atoms with Gasteiger partial charge in [-0.2, -0.15) is 0 Å². The molecule has 0 unspecified atom stereocenters. The number of H-pyrrole nitrogens is 1. The van der Waals surface area contributed by atoms with Crippen LogP contribution in [-0.4, -0.2) is 42.5 Å². The highest BCUT2D eigenvalue weighted by Gasteiger charge is 2.27. The lowest BCUT2D eigenvalue weighted by Gasteiger charge is -2.24. The number of non-ortho nitro benzene ring substituents is 1. The summed E-state index contributed by atoms with van der Waals surface area (Å²) in [5, 5.41) is 21.6. The van der Waals surface area contributed by atoms with Gasteiger partial charge in [-0.3, -0.25) is 30.1 Å². The summed E-state index contributed by atoms with van der Waals surface area (Å²) in [7, 11) is -4.15. The molecule has 0 radical (unpaired) electrons. The first-order valence-electron chi connectivity index (χ1n) is 11.0. The van der Waals surface area contributed by atoms with Crippen LogP contribution in [-0.2, 0) is 14.8 Å². The monoisotopic (exact) mass is 525 g/mol. The average molecular weight is 526 g/mol. The van der Waals surface area contributed by atoms with Crippen LogP contribution in [0.25, 0.3) is 10.9 Å². The highest BCUT2D eigenvalue weighted by atomic mass is 32.2. The number of ether oxygens (including phenoxy) is 1. The van der Waals surface area contributed by atoms with Gasteiger partial charge < -0.3 is 14.8 Å². The Morgan fingerprint density at radius 2 is 1.81 bits per heavy atom. The lowest BCUT2D eigenvalue weighted by atomic mass is 10.2. The number of aromatic amines is 1. The summed E-state index contributed by atoms with van der Waals surface area (Å²) in [6.07, 6.45) is 0. The van der Waals surface area contributed by atoms with Gasteiger partial charge in [0.2, 0.25) is 5.88 Å². The fourth-order valence-electron chi connectivity index (χ4n) is 3.62. The molecule has 1 aromatic heterocycles. The van der Waals surface area contributed by atoms with E-state index in [1.807, 2.05) is 6.92 Å². The van der Waals surface area contributed by atoms with E-state index < -0.39 is 27.4 Å². The normalized spacial score (nSPS) is 11.2. The Hall–Kier alpha value is -4.78. The van der Waals surface area contributed by atoms with Crippen LogP contribution in [0, 0.1) is 10.1 Å². The average Bonchev–Trinajstić information content (AvgIpc) is 3.21. The van der Waals surface area contributed by atoms with Gasteiger partial charge in [-0.1, -0.05) is 18.2 Å². The number of aromatic nitrogens is 1. The molecule has 0 spiro atoms. The smallest absolute Gasteiger partial charge is 0.270 e. The molecule has 1 heterocycles. The Bertz CT molecular complexity index is 1540. The first kappa shape index (κ1) is 25.3. The molecule has 1 amide bonds. The van der Waals surface area contributed by atoms with E-state index in [0.29, 0.717) is 17.9 Å². The summed E-state index contributed by atoms with van der Waals surface area (Å²) in [6.45, 7) is 1.64. The van der Waals surface area contributed by atoms with E-state index in [0.717, 1.165) is 4.31 Å². The van der Waals surface area contributed by atoms with Gasteiger partial charge in [0, 0.05) is 17.5 Å². The molecule has 13 heteroatoms. The summed E-state index contributed by atoms with van der Waals surface area (Å²) in [5.41, 5.74) is 5.32. The number of carbonyl (C=O) groups is 1. The number of rotatable bonds is 10. The third kappa shape index (κ3) is 5.41. The molecule has 0 fully saturated rings. The van der Waals surface area contributed by atoms with Crippen molar-refractivity contribution < 1.29 is 28.0 Å². The first-order valence-corrected chi connectivity index (χ1v) is 12.5. The zero-order chi connectivity index (χ0) is 26.6. The molecule has 4 rings (SSSR count). The Morgan fingerprint density at radius 1 is 1.11 bits per heavy atom. The van der Waals surface area contributed by atoms with Crippen LogP contribution in [0.1, 0.15) is 6.92 Å². The maximum Gasteiger partial charge on any atom is 0.270 e. The number of hydrazine groups is 1. The minimum atomic E-state index is -4.15. The predicted molar refractivity (Wildman–Crippen MR) is 137 cm³/mol. The SMILES string of the molecule is CCOc1ccc(S(=O)(=O)N(CC(=O)NNc2c(O)[nH]c3ccc([N+](=O)[O-])cc23)c2ccccc2)cc1. The van der Waals surface area contributed by atoms with Gasteiger partial charge in [-0.25, -0.2) is 8.42 Å². The summed E-state index contributed by atoms with van der Waals surface area (Å²) in [4.78, 5) is 26.0. The number of nitrogens with one attached hydrogen (secondary N) is 3. The van der Waals surface area contributed by atoms with Crippen molar-refractivity contribution in [2.24, 2.45) is 0 Å². The number of sulfonamides is 1. The Balaban J connectivity index is 1.58. The molecule has 0 saturated carbocycles. The van der Waals surface area contributed by atoms with Gasteiger partial charge in [0.05, 0.1) is 27.6 Å². The van der Waals surface area contributed by atoms with Crippen LogP contribution in [0.3, 0.4) is 0 Å². The highest BCUT2D eigenvalue weighted by molar-refractivity contribution is 7.92. The van der Waals surface area contributed by atoms with Gasteiger partial charge in [0.15, 0.2) is 0 Å². The summed E-state index contributed by atoms with van der Waals surface area (Å²) < 4.78 is 33.3. The number of carbonyl (C=O) groups excluding carboxylic acids is 1. The second kappa shape index (κ2) is 10.5. The van der Waals surface area contributed by atoms with E-state index in [9.17, 15) is 28.4 Å². The quantitative estimate of drug-likeness (QED) is 0.180. The zero-order valence-corrected chi connectivity index (χ0v) is 20.4. The van der Waals surface area contributed by atoms with Crippen molar-refractivity contribution in [1.82, 2.24) is 10.4 Å². The standard InChI is InChI=1S/C24H23N5O7S/c1-2-36-18-9-11-19(12-10-18)37(34,35)28(16-6-4-3-5-7-16)15-22(30)26-27-23-20-14-17(29(32)33)8-13-21(20)25-24(23)31/h3-14,25,27,31H,2,15H2,1H3,(H,26,30). The molecule has 0 atom stereocenters. The number of hydrogen-bond acceptors (Lipinski definition) is 8. The second-order valence-electron chi connectivity index (χ2n) is 7.76. The van der Waals surface area contributed by atoms with Crippen molar-refractivity contribution in [3.05, 3.63) is 82.9 Å². The van der Waals surface area contributed by atoms with E-state index in [4.69, 9.17) is 4.74 Å². The summed E-state index contributed by atoms with van der Waals surface area (Å²) in [5.74, 6) is -0.608. The Morgan fingerprint density at radius 3 is 2.46 bits per heavy atom. The number of fused-ring (bicyclic) bond motifs is 1. The van der Waals surface area contributed by atoms with Crippen LogP contribution in [0.2, 0.25) is 0 Å². The fraction of sp³-hybridized carbons (Fsp3) is 0.125. The van der Waals surface area contributed by atoms with Gasteiger partial charge in [0.25, 0.3) is 21.6 Å². The second-order valence-corrected chi connectivity index (χ2v) is 9.62. The summed E-state index contributed by atoms with van der Waals surface area (Å²) in [6, 6.07) is 17.9. The molecule has 0 aliphatic heterocycles. The lowest BCUT2D eigenvalue weighted by molar-refractivity contribution is -0.384. The van der Waals surface area contributed by atoms with Crippen molar-refractivity contribution in [3.8, 4) is 11.6 Å². The molecule has 0 saturated heterocycles. The van der Waals surface area contributed by atoms with Crippen molar-refractivity contribution in [2.45, 2.75) is 11.8 Å². The molecule has 0 aliphatic carbocycles. The molecular weight excluding hydrogens is 502 g/mol. The maximum atomic E-state index is 13.5. The van der Waals surface area contributed by atoms with Crippen molar-refractivity contribution in [3.63, 3.8) is 0 Å². The number of benzene rings is 3. The number of para-hydroxylation sites is 1. The summed E-state index contributed by atoms with van der Waals surface area (Å²) >= 11 is 0. The minimum Gasteiger partial charge on any atom is -0.494 e. The van der Waals surface area contributed by atoms with Crippen molar-refractivity contribution in [1.29, 1.82) is 0 Å². The number of hydrogen-bond donors (Lipinski definition) is 4. The number of nitro benzene ring substituents is 1. The Labute approximate surface area is 211 Å². The number of anilines is 2.